The molecule has 0 amide bonds. The van der Waals surface area contributed by atoms with Gasteiger partial charge in [0.15, 0.2) is 0 Å². The number of esters is 1. The molecule has 0 saturated heterocycles. The van der Waals surface area contributed by atoms with Gasteiger partial charge in [0.1, 0.15) is 0 Å². The molecule has 2 atom stereocenters. The Kier molecular flexibility index (Phi) is 5.82. The summed E-state index contributed by atoms with van der Waals surface area (Å²) < 4.78 is 4.61. The van der Waals surface area contributed by atoms with Crippen molar-refractivity contribution in [2.45, 2.75) is 18.2 Å². The number of hydrogen-bond acceptors (Lipinski definition) is 4. The van der Waals surface area contributed by atoms with Crippen LogP contribution in [-0.2, 0) is 9.53 Å². The molecule has 17 heavy (non-hydrogen) atoms. The molecule has 2 unspecified atom stereocenters. The van der Waals surface area contributed by atoms with Crippen LogP contribution in [0.4, 0.5) is 0 Å². The zero-order chi connectivity index (χ0) is 12.8. The van der Waals surface area contributed by atoms with E-state index in [4.69, 9.17) is 17.3 Å². The van der Waals surface area contributed by atoms with Crippen molar-refractivity contribution in [2.24, 2.45) is 5.73 Å². The first-order valence-electron chi connectivity index (χ1n) is 5.24. The summed E-state index contributed by atoms with van der Waals surface area (Å²) in [7, 11) is 1.37. The fourth-order valence-electron chi connectivity index (χ4n) is 1.45. The molecule has 0 aromatic heterocycles. The van der Waals surface area contributed by atoms with Gasteiger partial charge in [0.05, 0.1) is 12.9 Å². The van der Waals surface area contributed by atoms with E-state index < -0.39 is 0 Å². The highest BCUT2D eigenvalue weighted by atomic mass is 35.5. The van der Waals surface area contributed by atoms with Crippen LogP contribution in [0, 0.1) is 0 Å². The van der Waals surface area contributed by atoms with E-state index in [2.05, 4.69) is 4.74 Å². The minimum Gasteiger partial charge on any atom is -0.468 e. The van der Waals surface area contributed by atoms with Crippen LogP contribution in [-0.4, -0.2) is 24.9 Å². The largest absolute Gasteiger partial charge is 0.468 e. The molecule has 2 N–H and O–H groups in total. The molecular weight excluding hydrogens is 258 g/mol. The number of carbonyl (C=O) groups is 1. The number of nitrogens with two attached hydrogens (primary N) is 1. The summed E-state index contributed by atoms with van der Waals surface area (Å²) in [5.41, 5.74) is 6.89. The Bertz CT molecular complexity index is 385. The van der Waals surface area contributed by atoms with Crippen molar-refractivity contribution in [3.63, 3.8) is 0 Å². The predicted molar refractivity (Wildman–Crippen MR) is 72.3 cm³/mol. The van der Waals surface area contributed by atoms with Crippen molar-refractivity contribution in [3.8, 4) is 0 Å². The molecule has 0 radical (unpaired) electrons. The van der Waals surface area contributed by atoms with Crippen LogP contribution in [0.5, 0.6) is 0 Å². The molecule has 0 aliphatic heterocycles. The van der Waals surface area contributed by atoms with Gasteiger partial charge >= 0.3 is 5.97 Å². The van der Waals surface area contributed by atoms with E-state index in [1.54, 1.807) is 0 Å². The van der Waals surface area contributed by atoms with E-state index in [1.807, 2.05) is 31.2 Å². The lowest BCUT2D eigenvalue weighted by Gasteiger charge is -2.21. The lowest BCUT2D eigenvalue weighted by atomic mass is 10.1. The van der Waals surface area contributed by atoms with Crippen molar-refractivity contribution < 1.29 is 9.53 Å². The van der Waals surface area contributed by atoms with Gasteiger partial charge in [-0.3, -0.25) is 4.79 Å². The quantitative estimate of drug-likeness (QED) is 0.838. The van der Waals surface area contributed by atoms with Crippen molar-refractivity contribution in [2.75, 3.05) is 12.9 Å². The number of hydrogen-bond donors (Lipinski definition) is 1. The van der Waals surface area contributed by atoms with Gasteiger partial charge < -0.3 is 10.5 Å². The number of ether oxygens (including phenoxy) is 1. The fraction of sp³-hybridized carbons (Fsp3) is 0.417. The van der Waals surface area contributed by atoms with Gasteiger partial charge in [0, 0.05) is 16.3 Å². The molecule has 0 heterocycles. The SMILES string of the molecule is COC(=O)CSC(c1ccccc1Cl)C(C)N. The van der Waals surface area contributed by atoms with Crippen LogP contribution in [0.15, 0.2) is 24.3 Å². The maximum absolute atomic E-state index is 11.1. The van der Waals surface area contributed by atoms with Crippen molar-refractivity contribution >= 4 is 29.3 Å². The maximum Gasteiger partial charge on any atom is 0.315 e. The minimum atomic E-state index is -0.257. The summed E-state index contributed by atoms with van der Waals surface area (Å²) in [5.74, 6) is 0.0150. The molecule has 94 valence electrons. The highest BCUT2D eigenvalue weighted by molar-refractivity contribution is 8.00. The Hall–Kier alpha value is -0.710. The fourth-order valence-corrected chi connectivity index (χ4v) is 2.89. The van der Waals surface area contributed by atoms with E-state index in [-0.39, 0.29) is 23.0 Å². The second-order valence-corrected chi connectivity index (χ2v) is 5.23. The van der Waals surface area contributed by atoms with Gasteiger partial charge in [-0.25, -0.2) is 0 Å². The Labute approximate surface area is 111 Å². The highest BCUT2D eigenvalue weighted by Crippen LogP contribution is 2.35. The van der Waals surface area contributed by atoms with Gasteiger partial charge in [-0.15, -0.1) is 11.8 Å². The lowest BCUT2D eigenvalue weighted by Crippen LogP contribution is -2.24. The standard InChI is InChI=1S/C12H16ClNO2S/c1-8(14)12(17-7-11(15)16-2)9-5-3-4-6-10(9)13/h3-6,8,12H,7,14H2,1-2H3. The number of benzene rings is 1. The van der Waals surface area contributed by atoms with Crippen LogP contribution in [0.2, 0.25) is 5.02 Å². The lowest BCUT2D eigenvalue weighted by molar-refractivity contribution is -0.137. The van der Waals surface area contributed by atoms with Gasteiger partial charge in [0.25, 0.3) is 0 Å². The van der Waals surface area contributed by atoms with Crippen LogP contribution in [0.25, 0.3) is 0 Å². The topological polar surface area (TPSA) is 52.3 Å². The molecule has 1 aromatic carbocycles. The molecule has 5 heteroatoms. The average molecular weight is 274 g/mol. The Balaban J connectivity index is 2.80. The molecular formula is C12H16ClNO2S. The first kappa shape index (κ1) is 14.4. The van der Waals surface area contributed by atoms with Crippen molar-refractivity contribution in [1.29, 1.82) is 0 Å². The van der Waals surface area contributed by atoms with Gasteiger partial charge in [-0.1, -0.05) is 29.8 Å². The van der Waals surface area contributed by atoms with Gasteiger partial charge in [-0.05, 0) is 18.6 Å². The molecule has 1 rings (SSSR count). The average Bonchev–Trinajstić information content (AvgIpc) is 2.30. The zero-order valence-corrected chi connectivity index (χ0v) is 11.4. The number of thioether (sulfide) groups is 1. The van der Waals surface area contributed by atoms with Crippen molar-refractivity contribution in [3.05, 3.63) is 34.9 Å². The van der Waals surface area contributed by atoms with Crippen LogP contribution < -0.4 is 5.73 Å². The van der Waals surface area contributed by atoms with Crippen LogP contribution >= 0.6 is 23.4 Å². The van der Waals surface area contributed by atoms with E-state index in [0.717, 1.165) is 5.56 Å². The summed E-state index contributed by atoms with van der Waals surface area (Å²) in [6.07, 6.45) is 0. The summed E-state index contributed by atoms with van der Waals surface area (Å²) in [5, 5.41) is 0.662. The normalized spacial score (nSPS) is 14.1. The van der Waals surface area contributed by atoms with Crippen molar-refractivity contribution in [1.82, 2.24) is 0 Å². The predicted octanol–water partition coefficient (Wildman–Crippen LogP) is 2.63. The van der Waals surface area contributed by atoms with E-state index in [1.165, 1.54) is 18.9 Å². The summed E-state index contributed by atoms with van der Waals surface area (Å²) in [4.78, 5) is 11.1. The summed E-state index contributed by atoms with van der Waals surface area (Å²) >= 11 is 7.57. The monoisotopic (exact) mass is 273 g/mol. The third kappa shape index (κ3) is 4.22. The molecule has 0 bridgehead atoms. The first-order chi connectivity index (χ1) is 8.06. The van der Waals surface area contributed by atoms with E-state index in [9.17, 15) is 4.79 Å². The molecule has 0 saturated carbocycles. The third-order valence-corrected chi connectivity index (χ3v) is 4.09. The number of rotatable bonds is 5. The zero-order valence-electron chi connectivity index (χ0n) is 9.85. The summed E-state index contributed by atoms with van der Waals surface area (Å²) in [6.45, 7) is 1.90. The molecule has 0 fully saturated rings. The summed E-state index contributed by atoms with van der Waals surface area (Å²) in [6, 6.07) is 7.44. The molecule has 1 aromatic rings. The maximum atomic E-state index is 11.1. The first-order valence-corrected chi connectivity index (χ1v) is 6.67. The Morgan fingerprint density at radius 3 is 2.71 bits per heavy atom. The molecule has 0 aliphatic rings. The Morgan fingerprint density at radius 2 is 2.18 bits per heavy atom. The number of halogens is 1. The van der Waals surface area contributed by atoms with Crippen LogP contribution in [0.1, 0.15) is 17.7 Å². The third-order valence-electron chi connectivity index (χ3n) is 2.30. The second-order valence-electron chi connectivity index (χ2n) is 3.69. The number of methoxy groups -OCH3 is 1. The molecule has 3 nitrogen and oxygen atoms in total. The molecule has 0 aliphatic carbocycles. The Morgan fingerprint density at radius 1 is 1.53 bits per heavy atom. The smallest absolute Gasteiger partial charge is 0.315 e. The van der Waals surface area contributed by atoms with E-state index >= 15 is 0 Å². The van der Waals surface area contributed by atoms with Gasteiger partial charge in [0.2, 0.25) is 0 Å². The number of carbonyl (C=O) groups excluding carboxylic acids is 1. The second kappa shape index (κ2) is 6.89. The van der Waals surface area contributed by atoms with E-state index in [0.29, 0.717) is 5.02 Å². The van der Waals surface area contributed by atoms with Crippen LogP contribution in [0.3, 0.4) is 0 Å². The van der Waals surface area contributed by atoms with Gasteiger partial charge in [-0.2, -0.15) is 0 Å². The highest BCUT2D eigenvalue weighted by Gasteiger charge is 2.20. The minimum absolute atomic E-state index is 0.0113. The molecule has 0 spiro atoms.